The lowest BCUT2D eigenvalue weighted by molar-refractivity contribution is 0.0297. The number of amides is 1. The summed E-state index contributed by atoms with van der Waals surface area (Å²) in [6.07, 6.45) is 4.52. The molecule has 3 heterocycles. The van der Waals surface area contributed by atoms with Crippen molar-refractivity contribution in [1.29, 1.82) is 0 Å². The Morgan fingerprint density at radius 1 is 1.36 bits per heavy atom. The van der Waals surface area contributed by atoms with E-state index in [2.05, 4.69) is 23.8 Å². The summed E-state index contributed by atoms with van der Waals surface area (Å²) < 4.78 is 12.9. The van der Waals surface area contributed by atoms with E-state index in [-0.39, 0.29) is 5.91 Å². The summed E-state index contributed by atoms with van der Waals surface area (Å²) >= 11 is 0. The summed E-state index contributed by atoms with van der Waals surface area (Å²) in [4.78, 5) is 15.1. The fraction of sp³-hybridized carbons (Fsp3) is 0.619. The molecular weight excluding hydrogens is 356 g/mol. The minimum atomic E-state index is 0.0498. The van der Waals surface area contributed by atoms with Crippen molar-refractivity contribution < 1.29 is 13.9 Å². The summed E-state index contributed by atoms with van der Waals surface area (Å²) in [6.45, 7) is 8.43. The molecule has 0 spiro atoms. The van der Waals surface area contributed by atoms with Gasteiger partial charge in [-0.15, -0.1) is 0 Å². The van der Waals surface area contributed by atoms with Crippen molar-refractivity contribution in [3.05, 3.63) is 41.1 Å². The van der Waals surface area contributed by atoms with Gasteiger partial charge in [0.25, 0.3) is 5.91 Å². The third kappa shape index (κ3) is 4.15. The number of carbonyl (C=O) groups is 1. The Morgan fingerprint density at radius 3 is 2.89 bits per heavy atom. The van der Waals surface area contributed by atoms with Gasteiger partial charge in [-0.05, 0) is 37.3 Å². The molecule has 1 amide bonds. The molecule has 1 fully saturated rings. The monoisotopic (exact) mass is 386 g/mol. The van der Waals surface area contributed by atoms with Crippen LogP contribution in [0.5, 0.6) is 0 Å². The minimum absolute atomic E-state index is 0.0498. The van der Waals surface area contributed by atoms with Gasteiger partial charge in [0.1, 0.15) is 5.76 Å². The molecule has 1 N–H and O–H groups in total. The summed E-state index contributed by atoms with van der Waals surface area (Å²) in [7, 11) is 0. The smallest absolute Gasteiger partial charge is 0.274 e. The normalized spacial score (nSPS) is 19.8. The van der Waals surface area contributed by atoms with Crippen LogP contribution in [0, 0.1) is 5.92 Å². The first-order valence-corrected chi connectivity index (χ1v) is 10.3. The van der Waals surface area contributed by atoms with E-state index in [1.54, 1.807) is 6.26 Å². The lowest BCUT2D eigenvalue weighted by Gasteiger charge is -2.27. The third-order valence-corrected chi connectivity index (χ3v) is 5.53. The van der Waals surface area contributed by atoms with Gasteiger partial charge in [-0.2, -0.15) is 5.10 Å². The predicted molar refractivity (Wildman–Crippen MR) is 105 cm³/mol. The van der Waals surface area contributed by atoms with Gasteiger partial charge in [0, 0.05) is 36.9 Å². The molecular formula is C21H30N4O3. The largest absolute Gasteiger partial charge is 0.468 e. The standard InChI is InChI=1S/C21H30N4O3/c1-15(2)14-25-19-6-5-16(22-13-17-4-3-9-28-17)12-18(19)20(23-25)21(26)24-7-10-27-11-8-24/h3-4,9,15-16,22H,5-8,10-14H2,1-2H3. The molecule has 7 heteroatoms. The van der Waals surface area contributed by atoms with E-state index in [1.165, 1.54) is 5.69 Å². The Balaban J connectivity index is 1.54. The Morgan fingerprint density at radius 2 is 2.18 bits per heavy atom. The highest BCUT2D eigenvalue weighted by Crippen LogP contribution is 2.27. The molecule has 0 radical (unpaired) electrons. The SMILES string of the molecule is CC(C)Cn1nc(C(=O)N2CCOCC2)c2c1CCC(NCc1ccco1)C2. The number of hydrogen-bond acceptors (Lipinski definition) is 5. The van der Waals surface area contributed by atoms with Gasteiger partial charge in [-0.3, -0.25) is 9.48 Å². The number of nitrogens with zero attached hydrogens (tertiary/aromatic N) is 3. The number of fused-ring (bicyclic) bond motifs is 1. The van der Waals surface area contributed by atoms with E-state index in [0.717, 1.165) is 37.1 Å². The molecule has 2 aromatic rings. The molecule has 1 saturated heterocycles. The second-order valence-electron chi connectivity index (χ2n) is 8.15. The van der Waals surface area contributed by atoms with Gasteiger partial charge in [-0.25, -0.2) is 0 Å². The van der Waals surface area contributed by atoms with E-state index >= 15 is 0 Å². The maximum absolute atomic E-state index is 13.2. The van der Waals surface area contributed by atoms with Crippen LogP contribution >= 0.6 is 0 Å². The Kier molecular flexibility index (Phi) is 5.82. The van der Waals surface area contributed by atoms with E-state index in [9.17, 15) is 4.79 Å². The number of furan rings is 1. The van der Waals surface area contributed by atoms with E-state index in [0.29, 0.717) is 50.5 Å². The first-order chi connectivity index (χ1) is 13.6. The summed E-state index contributed by atoms with van der Waals surface area (Å²) in [5.74, 6) is 1.48. The molecule has 28 heavy (non-hydrogen) atoms. The van der Waals surface area contributed by atoms with Crippen LogP contribution < -0.4 is 5.32 Å². The zero-order chi connectivity index (χ0) is 19.5. The molecule has 2 aliphatic rings. The van der Waals surface area contributed by atoms with Crippen LogP contribution in [0.1, 0.15) is 47.8 Å². The van der Waals surface area contributed by atoms with Gasteiger partial charge < -0.3 is 19.4 Å². The number of aromatic nitrogens is 2. The molecule has 1 aliphatic carbocycles. The number of hydrogen-bond donors (Lipinski definition) is 1. The quantitative estimate of drug-likeness (QED) is 0.824. The third-order valence-electron chi connectivity index (χ3n) is 5.53. The van der Waals surface area contributed by atoms with Crippen LogP contribution in [0.4, 0.5) is 0 Å². The van der Waals surface area contributed by atoms with Gasteiger partial charge in [0.2, 0.25) is 0 Å². The van der Waals surface area contributed by atoms with Crippen LogP contribution in [0.15, 0.2) is 22.8 Å². The number of nitrogens with one attached hydrogen (secondary N) is 1. The molecule has 0 saturated carbocycles. The van der Waals surface area contributed by atoms with Crippen molar-refractivity contribution in [3.8, 4) is 0 Å². The average molecular weight is 386 g/mol. The molecule has 2 aromatic heterocycles. The number of rotatable bonds is 6. The fourth-order valence-electron chi connectivity index (χ4n) is 4.11. The molecule has 7 nitrogen and oxygen atoms in total. The van der Waals surface area contributed by atoms with Crippen molar-refractivity contribution in [2.75, 3.05) is 26.3 Å². The van der Waals surface area contributed by atoms with Crippen molar-refractivity contribution in [3.63, 3.8) is 0 Å². The van der Waals surface area contributed by atoms with Crippen molar-refractivity contribution >= 4 is 5.91 Å². The molecule has 0 bridgehead atoms. The zero-order valence-corrected chi connectivity index (χ0v) is 16.8. The Bertz CT molecular complexity index is 791. The van der Waals surface area contributed by atoms with Crippen LogP contribution in [0.2, 0.25) is 0 Å². The van der Waals surface area contributed by atoms with Crippen LogP contribution in [0.3, 0.4) is 0 Å². The van der Waals surface area contributed by atoms with Crippen LogP contribution in [0.25, 0.3) is 0 Å². The maximum Gasteiger partial charge on any atom is 0.274 e. The van der Waals surface area contributed by atoms with Crippen molar-refractivity contribution in [2.45, 2.75) is 52.2 Å². The molecule has 4 rings (SSSR count). The second-order valence-corrected chi connectivity index (χ2v) is 8.15. The first-order valence-electron chi connectivity index (χ1n) is 10.3. The van der Waals surface area contributed by atoms with Crippen LogP contribution in [-0.4, -0.2) is 52.9 Å². The summed E-state index contributed by atoms with van der Waals surface area (Å²) in [5.41, 5.74) is 3.00. The predicted octanol–water partition coefficient (Wildman–Crippen LogP) is 2.25. The molecule has 0 aromatic carbocycles. The van der Waals surface area contributed by atoms with Crippen molar-refractivity contribution in [1.82, 2.24) is 20.0 Å². The van der Waals surface area contributed by atoms with Gasteiger partial charge in [-0.1, -0.05) is 13.8 Å². The van der Waals surface area contributed by atoms with E-state index in [4.69, 9.17) is 14.3 Å². The van der Waals surface area contributed by atoms with Crippen molar-refractivity contribution in [2.24, 2.45) is 5.92 Å². The zero-order valence-electron chi connectivity index (χ0n) is 16.8. The lowest BCUT2D eigenvalue weighted by Crippen LogP contribution is -2.41. The highest BCUT2D eigenvalue weighted by molar-refractivity contribution is 5.94. The average Bonchev–Trinajstić information content (AvgIpc) is 3.34. The maximum atomic E-state index is 13.2. The minimum Gasteiger partial charge on any atom is -0.468 e. The summed E-state index contributed by atoms with van der Waals surface area (Å²) in [6, 6.07) is 4.21. The topological polar surface area (TPSA) is 72.5 Å². The number of carbonyl (C=O) groups excluding carboxylic acids is 1. The van der Waals surface area contributed by atoms with Gasteiger partial charge >= 0.3 is 0 Å². The first kappa shape index (κ1) is 19.2. The second kappa shape index (κ2) is 8.49. The van der Waals surface area contributed by atoms with E-state index in [1.807, 2.05) is 17.0 Å². The molecule has 152 valence electrons. The fourth-order valence-corrected chi connectivity index (χ4v) is 4.11. The van der Waals surface area contributed by atoms with E-state index < -0.39 is 0 Å². The molecule has 1 unspecified atom stereocenters. The highest BCUT2D eigenvalue weighted by Gasteiger charge is 2.31. The lowest BCUT2D eigenvalue weighted by atomic mass is 9.91. The molecule has 1 aliphatic heterocycles. The highest BCUT2D eigenvalue weighted by atomic mass is 16.5. The van der Waals surface area contributed by atoms with Crippen LogP contribution in [-0.2, 0) is 30.7 Å². The van der Waals surface area contributed by atoms with Gasteiger partial charge in [0.05, 0.1) is 26.0 Å². The summed E-state index contributed by atoms with van der Waals surface area (Å²) in [5, 5.41) is 8.37. The number of ether oxygens (including phenoxy) is 1. The Labute approximate surface area is 166 Å². The molecule has 1 atom stereocenters. The van der Waals surface area contributed by atoms with Gasteiger partial charge in [0.15, 0.2) is 5.69 Å². The number of morpholine rings is 1. The Hall–Kier alpha value is -2.12.